The predicted octanol–water partition coefficient (Wildman–Crippen LogP) is 4.66. The van der Waals surface area contributed by atoms with Gasteiger partial charge in [0.2, 0.25) is 5.91 Å². The van der Waals surface area contributed by atoms with Crippen molar-refractivity contribution in [1.29, 1.82) is 5.41 Å². The first-order valence-corrected chi connectivity index (χ1v) is 10.9. The van der Waals surface area contributed by atoms with Gasteiger partial charge in [-0.1, -0.05) is 36.4 Å². The molecule has 1 unspecified atom stereocenters. The first-order valence-electron chi connectivity index (χ1n) is 10.9. The summed E-state index contributed by atoms with van der Waals surface area (Å²) in [5.74, 6) is 1.04. The highest BCUT2D eigenvalue weighted by molar-refractivity contribution is 5.95. The van der Waals surface area contributed by atoms with Gasteiger partial charge in [-0.05, 0) is 61.4 Å². The topological polar surface area (TPSA) is 109 Å². The van der Waals surface area contributed by atoms with Gasteiger partial charge >= 0.3 is 0 Å². The van der Waals surface area contributed by atoms with Crippen LogP contribution in [0, 0.1) is 5.41 Å². The van der Waals surface area contributed by atoms with Crippen molar-refractivity contribution in [3.8, 4) is 11.5 Å². The number of benzene rings is 3. The first kappa shape index (κ1) is 26.5. The predicted molar refractivity (Wildman–Crippen MR) is 138 cm³/mol. The minimum atomic E-state index is -0.674. The molecule has 0 fully saturated rings. The second kappa shape index (κ2) is 13.1. The number of halogens is 1. The molecule has 3 rings (SSSR count). The smallest absolute Gasteiger partial charge is 0.247 e. The summed E-state index contributed by atoms with van der Waals surface area (Å²) >= 11 is 0. The second-order valence-electron chi connectivity index (χ2n) is 7.34. The molecule has 180 valence electrons. The number of nitrogen functional groups attached to an aromatic ring is 1. The average Bonchev–Trinajstić information content (AvgIpc) is 2.83. The summed E-state index contributed by atoms with van der Waals surface area (Å²) in [5.41, 5.74) is 8.65. The van der Waals surface area contributed by atoms with Crippen LogP contribution < -0.4 is 25.8 Å². The number of carbonyl (C=O) groups excluding carboxylic acids is 1. The lowest BCUT2D eigenvalue weighted by Gasteiger charge is -2.22. The number of nitrogens with one attached hydrogen (secondary N) is 3. The lowest BCUT2D eigenvalue weighted by Crippen LogP contribution is -2.33. The van der Waals surface area contributed by atoms with Crippen LogP contribution in [0.25, 0.3) is 0 Å². The molecule has 5 N–H and O–H groups in total. The van der Waals surface area contributed by atoms with Gasteiger partial charge in [-0.3, -0.25) is 10.2 Å². The van der Waals surface area contributed by atoms with Crippen LogP contribution in [0.4, 0.5) is 5.69 Å². The van der Waals surface area contributed by atoms with Crippen LogP contribution in [0.3, 0.4) is 0 Å². The van der Waals surface area contributed by atoms with E-state index in [1.54, 1.807) is 24.3 Å². The quantitative estimate of drug-likeness (QED) is 0.235. The molecule has 7 nitrogen and oxygen atoms in total. The number of hydrogen-bond donors (Lipinski definition) is 4. The number of amides is 1. The van der Waals surface area contributed by atoms with Crippen molar-refractivity contribution in [2.24, 2.45) is 5.73 Å². The Kier molecular flexibility index (Phi) is 10.2. The molecule has 0 aliphatic carbocycles. The van der Waals surface area contributed by atoms with Gasteiger partial charge in [-0.2, -0.15) is 0 Å². The number of amidine groups is 1. The lowest BCUT2D eigenvalue weighted by molar-refractivity contribution is -0.122. The molecule has 0 bridgehead atoms. The highest BCUT2D eigenvalue weighted by Gasteiger charge is 2.22. The van der Waals surface area contributed by atoms with Gasteiger partial charge in [0.05, 0.1) is 13.2 Å². The Balaban J connectivity index is 0.00000408. The third-order valence-corrected chi connectivity index (χ3v) is 4.98. The molecule has 1 amide bonds. The molecular formula is C26H31ClN4O3. The number of anilines is 1. The molecule has 0 radical (unpaired) electrons. The van der Waals surface area contributed by atoms with Crippen molar-refractivity contribution in [3.63, 3.8) is 0 Å². The summed E-state index contributed by atoms with van der Waals surface area (Å²) in [6.45, 7) is 5.23. The molecular weight excluding hydrogens is 452 g/mol. The third kappa shape index (κ3) is 7.15. The number of nitrogens with two attached hydrogens (primary N) is 1. The van der Waals surface area contributed by atoms with E-state index in [1.807, 2.05) is 62.4 Å². The fourth-order valence-electron chi connectivity index (χ4n) is 3.35. The zero-order valence-corrected chi connectivity index (χ0v) is 20.2. The highest BCUT2D eigenvalue weighted by atomic mass is 35.5. The summed E-state index contributed by atoms with van der Waals surface area (Å²) < 4.78 is 11.4. The van der Waals surface area contributed by atoms with Crippen LogP contribution in [0.1, 0.15) is 36.6 Å². The Bertz CT molecular complexity index is 1080. The molecule has 8 heteroatoms. The zero-order valence-electron chi connectivity index (χ0n) is 19.3. The molecule has 1 atom stereocenters. The second-order valence-corrected chi connectivity index (χ2v) is 7.34. The van der Waals surface area contributed by atoms with E-state index in [4.69, 9.17) is 20.6 Å². The maximum Gasteiger partial charge on any atom is 0.247 e. The van der Waals surface area contributed by atoms with E-state index in [2.05, 4.69) is 10.6 Å². The van der Waals surface area contributed by atoms with Gasteiger partial charge in [0, 0.05) is 17.8 Å². The molecule has 0 saturated carbocycles. The largest absolute Gasteiger partial charge is 0.490 e. The van der Waals surface area contributed by atoms with E-state index in [-0.39, 0.29) is 24.1 Å². The fraction of sp³-hybridized carbons (Fsp3) is 0.231. The van der Waals surface area contributed by atoms with Crippen molar-refractivity contribution in [2.75, 3.05) is 18.5 Å². The Morgan fingerprint density at radius 3 is 2.21 bits per heavy atom. The summed E-state index contributed by atoms with van der Waals surface area (Å²) in [6, 6.07) is 21.7. The van der Waals surface area contributed by atoms with Crippen LogP contribution in [-0.2, 0) is 11.3 Å². The van der Waals surface area contributed by atoms with E-state index in [1.165, 1.54) is 0 Å². The number of rotatable bonds is 11. The molecule has 0 saturated heterocycles. The van der Waals surface area contributed by atoms with Crippen LogP contribution in [0.2, 0.25) is 0 Å². The van der Waals surface area contributed by atoms with E-state index < -0.39 is 6.04 Å². The molecule has 3 aromatic carbocycles. The van der Waals surface area contributed by atoms with Gasteiger partial charge < -0.3 is 25.8 Å². The summed E-state index contributed by atoms with van der Waals surface area (Å²) in [4.78, 5) is 13.3. The zero-order chi connectivity index (χ0) is 23.6. The number of hydrogen-bond acceptors (Lipinski definition) is 5. The summed E-state index contributed by atoms with van der Waals surface area (Å²) in [7, 11) is 0. The highest BCUT2D eigenvalue weighted by Crippen LogP contribution is 2.32. The molecule has 0 aliphatic rings. The molecule has 0 spiro atoms. The van der Waals surface area contributed by atoms with E-state index in [9.17, 15) is 4.79 Å². The van der Waals surface area contributed by atoms with Crippen molar-refractivity contribution < 1.29 is 14.3 Å². The first-order chi connectivity index (χ1) is 16.0. The van der Waals surface area contributed by atoms with E-state index in [0.717, 1.165) is 16.8 Å². The number of carbonyl (C=O) groups is 1. The SMILES string of the molecule is CCOc1ccc(C(Nc2ccc(C(=N)N)cc2)C(=O)NCc2ccccc2)cc1OCC.Cl. The van der Waals surface area contributed by atoms with Crippen LogP contribution in [0.15, 0.2) is 72.8 Å². The minimum Gasteiger partial charge on any atom is -0.490 e. The molecule has 3 aromatic rings. The summed E-state index contributed by atoms with van der Waals surface area (Å²) in [5, 5.41) is 13.9. The van der Waals surface area contributed by atoms with Gasteiger partial charge in [0.15, 0.2) is 11.5 Å². The molecule has 0 heterocycles. The van der Waals surface area contributed by atoms with Gasteiger partial charge in [-0.15, -0.1) is 12.4 Å². The van der Waals surface area contributed by atoms with Crippen molar-refractivity contribution in [3.05, 3.63) is 89.5 Å². The van der Waals surface area contributed by atoms with Crippen LogP contribution >= 0.6 is 12.4 Å². The fourth-order valence-corrected chi connectivity index (χ4v) is 3.35. The Labute approximate surface area is 206 Å². The van der Waals surface area contributed by atoms with Gasteiger partial charge in [0.1, 0.15) is 11.9 Å². The van der Waals surface area contributed by atoms with Gasteiger partial charge in [-0.25, -0.2) is 0 Å². The van der Waals surface area contributed by atoms with Crippen LogP contribution in [0.5, 0.6) is 11.5 Å². The van der Waals surface area contributed by atoms with Crippen molar-refractivity contribution in [1.82, 2.24) is 5.32 Å². The average molecular weight is 483 g/mol. The normalized spacial score (nSPS) is 11.0. The van der Waals surface area contributed by atoms with Crippen molar-refractivity contribution >= 4 is 29.8 Å². The lowest BCUT2D eigenvalue weighted by atomic mass is 10.0. The maximum atomic E-state index is 13.3. The maximum absolute atomic E-state index is 13.3. The van der Waals surface area contributed by atoms with Crippen LogP contribution in [-0.4, -0.2) is 25.0 Å². The Hall–Kier alpha value is -3.71. The summed E-state index contributed by atoms with van der Waals surface area (Å²) in [6.07, 6.45) is 0. The molecule has 34 heavy (non-hydrogen) atoms. The van der Waals surface area contributed by atoms with E-state index >= 15 is 0 Å². The number of ether oxygens (including phenoxy) is 2. The van der Waals surface area contributed by atoms with E-state index in [0.29, 0.717) is 36.8 Å². The minimum absolute atomic E-state index is 0. The Morgan fingerprint density at radius 2 is 1.59 bits per heavy atom. The monoisotopic (exact) mass is 482 g/mol. The van der Waals surface area contributed by atoms with Gasteiger partial charge in [0.25, 0.3) is 0 Å². The Morgan fingerprint density at radius 1 is 0.941 bits per heavy atom. The van der Waals surface area contributed by atoms with Crippen molar-refractivity contribution in [2.45, 2.75) is 26.4 Å². The standard InChI is InChI=1S/C26H30N4O3.ClH/c1-3-32-22-15-12-20(16-23(22)33-4-2)24(26(31)29-17-18-8-6-5-7-9-18)30-21-13-10-19(11-14-21)25(27)28;/h5-16,24,30H,3-4,17H2,1-2H3,(H3,27,28)(H,29,31);1H. The molecule has 0 aliphatic heterocycles. The third-order valence-electron chi connectivity index (χ3n) is 4.98. The molecule has 0 aromatic heterocycles.